The molecule has 0 radical (unpaired) electrons. The molecule has 0 N–H and O–H groups in total. The minimum absolute atomic E-state index is 0.133. The molecule has 0 amide bonds. The van der Waals surface area contributed by atoms with Crippen LogP contribution in [0.3, 0.4) is 0 Å². The van der Waals surface area contributed by atoms with Gasteiger partial charge in [-0.3, -0.25) is 0 Å². The van der Waals surface area contributed by atoms with Crippen molar-refractivity contribution < 1.29 is 28.2 Å². The second-order valence-corrected chi connectivity index (χ2v) is 6.12. The van der Waals surface area contributed by atoms with Crippen molar-refractivity contribution in [3.63, 3.8) is 0 Å². The van der Waals surface area contributed by atoms with E-state index in [0.717, 1.165) is 0 Å². The zero-order valence-electron chi connectivity index (χ0n) is 15.1. The van der Waals surface area contributed by atoms with Gasteiger partial charge in [0.05, 0.1) is 18.6 Å². The van der Waals surface area contributed by atoms with Crippen molar-refractivity contribution in [2.45, 2.75) is 0 Å². The number of carboxylic acid groups (broad SMARTS) is 1. The number of benzene rings is 2. The Labute approximate surface area is 162 Å². The average Bonchev–Trinajstić information content (AvgIpc) is 2.70. The van der Waals surface area contributed by atoms with Crippen LogP contribution in [0.15, 0.2) is 67.0 Å². The van der Waals surface area contributed by atoms with Crippen molar-refractivity contribution in [2.75, 3.05) is 13.7 Å². The third kappa shape index (κ3) is 3.43. The van der Waals surface area contributed by atoms with Gasteiger partial charge in [0.15, 0.2) is 11.3 Å². The Kier molecular flexibility index (Phi) is 4.52. The summed E-state index contributed by atoms with van der Waals surface area (Å²) < 4.78 is 20.9. The lowest BCUT2D eigenvalue weighted by Gasteiger charge is -2.10. The van der Waals surface area contributed by atoms with Crippen LogP contribution in [0.5, 0.6) is 11.5 Å². The van der Waals surface area contributed by atoms with Gasteiger partial charge >= 0.3 is 11.3 Å². The minimum Gasteiger partial charge on any atom is -0.546 e. The van der Waals surface area contributed by atoms with E-state index in [0.29, 0.717) is 27.7 Å². The third-order valence-corrected chi connectivity index (χ3v) is 4.31. The van der Waals surface area contributed by atoms with Crippen LogP contribution >= 0.6 is 0 Å². The molecular weight excluding hydrogens is 380 g/mol. The Morgan fingerprint density at radius 1 is 1.03 bits per heavy atom. The molecule has 0 aliphatic heterocycles. The van der Waals surface area contributed by atoms with E-state index < -0.39 is 23.8 Å². The molecule has 2 heterocycles. The number of hydrogen-bond acceptors (Lipinski definition) is 8. The topological polar surface area (TPSA) is 119 Å². The zero-order valence-corrected chi connectivity index (χ0v) is 15.1. The SMILES string of the molecule is COc1cccc2cc(-c3cc(=O)oc4cc(OCC(=O)[O-])ccc34)c(=O)oc12. The van der Waals surface area contributed by atoms with Crippen molar-refractivity contribution in [3.05, 3.63) is 69.4 Å². The van der Waals surface area contributed by atoms with E-state index in [1.54, 1.807) is 30.3 Å². The summed E-state index contributed by atoms with van der Waals surface area (Å²) in [6, 6.07) is 12.4. The first-order chi connectivity index (χ1) is 14.0. The molecule has 2 aromatic heterocycles. The van der Waals surface area contributed by atoms with Gasteiger partial charge in [-0.05, 0) is 24.3 Å². The van der Waals surface area contributed by atoms with E-state index in [1.165, 1.54) is 25.3 Å². The lowest BCUT2D eigenvalue weighted by Crippen LogP contribution is -2.28. The Morgan fingerprint density at radius 2 is 1.86 bits per heavy atom. The number of carboxylic acids is 1. The lowest BCUT2D eigenvalue weighted by molar-refractivity contribution is -0.307. The largest absolute Gasteiger partial charge is 0.546 e. The van der Waals surface area contributed by atoms with E-state index in [2.05, 4.69) is 0 Å². The van der Waals surface area contributed by atoms with Crippen LogP contribution in [-0.2, 0) is 4.79 Å². The summed E-state index contributed by atoms with van der Waals surface area (Å²) in [7, 11) is 1.47. The highest BCUT2D eigenvalue weighted by atomic mass is 16.5. The smallest absolute Gasteiger partial charge is 0.344 e. The highest BCUT2D eigenvalue weighted by Crippen LogP contribution is 2.31. The minimum atomic E-state index is -1.38. The number of rotatable bonds is 5. The Morgan fingerprint density at radius 3 is 2.62 bits per heavy atom. The molecule has 0 saturated heterocycles. The van der Waals surface area contributed by atoms with Crippen molar-refractivity contribution in [2.24, 2.45) is 0 Å². The number of methoxy groups -OCH3 is 1. The van der Waals surface area contributed by atoms with Crippen LogP contribution in [0.1, 0.15) is 0 Å². The van der Waals surface area contributed by atoms with E-state index in [1.807, 2.05) is 0 Å². The molecule has 0 fully saturated rings. The summed E-state index contributed by atoms with van der Waals surface area (Å²) in [6.07, 6.45) is 0. The van der Waals surface area contributed by atoms with Gasteiger partial charge in [-0.1, -0.05) is 12.1 Å². The van der Waals surface area contributed by atoms with Crippen molar-refractivity contribution in [1.82, 2.24) is 0 Å². The van der Waals surface area contributed by atoms with Gasteiger partial charge in [0.1, 0.15) is 17.9 Å². The predicted molar refractivity (Wildman–Crippen MR) is 101 cm³/mol. The fourth-order valence-corrected chi connectivity index (χ4v) is 3.06. The van der Waals surface area contributed by atoms with Crippen molar-refractivity contribution >= 4 is 27.9 Å². The van der Waals surface area contributed by atoms with Gasteiger partial charge in [-0.25, -0.2) is 9.59 Å². The van der Waals surface area contributed by atoms with E-state index in [-0.39, 0.29) is 16.9 Å². The van der Waals surface area contributed by atoms with E-state index >= 15 is 0 Å². The number of hydrogen-bond donors (Lipinski definition) is 0. The molecule has 0 aliphatic carbocycles. The number of carbonyl (C=O) groups is 1. The van der Waals surface area contributed by atoms with Gasteiger partial charge in [0.2, 0.25) is 0 Å². The Balaban J connectivity index is 1.91. The number of fused-ring (bicyclic) bond motifs is 2. The van der Waals surface area contributed by atoms with Crippen LogP contribution in [0.25, 0.3) is 33.1 Å². The van der Waals surface area contributed by atoms with Gasteiger partial charge in [-0.2, -0.15) is 0 Å². The molecular formula is C21H13O8-. The molecule has 0 atom stereocenters. The van der Waals surface area contributed by atoms with Gasteiger partial charge in [0, 0.05) is 28.5 Å². The maximum Gasteiger partial charge on any atom is 0.344 e. The molecule has 0 saturated carbocycles. The number of aliphatic carboxylic acids is 1. The summed E-state index contributed by atoms with van der Waals surface area (Å²) in [6.45, 7) is -0.647. The monoisotopic (exact) mass is 393 g/mol. The quantitative estimate of drug-likeness (QED) is 0.470. The van der Waals surface area contributed by atoms with Crippen LogP contribution in [0.4, 0.5) is 0 Å². The molecule has 2 aromatic carbocycles. The lowest BCUT2D eigenvalue weighted by atomic mass is 10.0. The summed E-state index contributed by atoms with van der Waals surface area (Å²) in [5, 5.41) is 11.6. The normalized spacial score (nSPS) is 10.9. The first-order valence-electron chi connectivity index (χ1n) is 8.48. The van der Waals surface area contributed by atoms with E-state index in [4.69, 9.17) is 18.3 Å². The van der Waals surface area contributed by atoms with Crippen LogP contribution in [-0.4, -0.2) is 19.7 Å². The fourth-order valence-electron chi connectivity index (χ4n) is 3.06. The number of carbonyl (C=O) groups excluding carboxylic acids is 1. The van der Waals surface area contributed by atoms with Crippen LogP contribution in [0.2, 0.25) is 0 Å². The van der Waals surface area contributed by atoms with Gasteiger partial charge in [-0.15, -0.1) is 0 Å². The molecule has 146 valence electrons. The maximum absolute atomic E-state index is 12.6. The third-order valence-electron chi connectivity index (χ3n) is 4.31. The van der Waals surface area contributed by atoms with E-state index in [9.17, 15) is 19.5 Å². The molecule has 4 rings (SSSR count). The first kappa shape index (κ1) is 18.3. The zero-order chi connectivity index (χ0) is 20.5. The number of ether oxygens (including phenoxy) is 2. The predicted octanol–water partition coefficient (Wildman–Crippen LogP) is 1.70. The standard InChI is InChI=1S/C21H14O8/c1-26-16-4-2-3-11-7-15(21(25)29-20(11)16)14-9-19(24)28-17-8-12(5-6-13(14)17)27-10-18(22)23/h2-9H,10H2,1H3,(H,22,23)/p-1. The Hall–Kier alpha value is -4.07. The van der Waals surface area contributed by atoms with Crippen LogP contribution in [0, 0.1) is 0 Å². The second kappa shape index (κ2) is 7.16. The highest BCUT2D eigenvalue weighted by Gasteiger charge is 2.15. The summed E-state index contributed by atoms with van der Waals surface area (Å²) in [5.74, 6) is -0.792. The molecule has 0 spiro atoms. The summed E-state index contributed by atoms with van der Waals surface area (Å²) in [5.41, 5.74) is -0.406. The Bertz CT molecular complexity index is 1360. The number of para-hydroxylation sites is 1. The molecule has 0 aliphatic rings. The fraction of sp³-hybridized carbons (Fsp3) is 0.0952. The van der Waals surface area contributed by atoms with Crippen molar-refractivity contribution in [3.8, 4) is 22.6 Å². The molecule has 8 heteroatoms. The molecule has 0 unspecified atom stereocenters. The summed E-state index contributed by atoms with van der Waals surface area (Å²) in [4.78, 5) is 35.3. The molecule has 8 nitrogen and oxygen atoms in total. The highest BCUT2D eigenvalue weighted by molar-refractivity contribution is 5.96. The molecule has 29 heavy (non-hydrogen) atoms. The average molecular weight is 393 g/mol. The summed E-state index contributed by atoms with van der Waals surface area (Å²) >= 11 is 0. The molecule has 4 aromatic rings. The van der Waals surface area contributed by atoms with Gasteiger partial charge in [0.25, 0.3) is 0 Å². The van der Waals surface area contributed by atoms with Crippen LogP contribution < -0.4 is 25.8 Å². The van der Waals surface area contributed by atoms with Crippen molar-refractivity contribution in [1.29, 1.82) is 0 Å². The molecule has 0 bridgehead atoms. The van der Waals surface area contributed by atoms with Gasteiger partial charge < -0.3 is 28.2 Å². The first-order valence-corrected chi connectivity index (χ1v) is 8.48. The maximum atomic E-state index is 12.6. The second-order valence-electron chi connectivity index (χ2n) is 6.12.